The summed E-state index contributed by atoms with van der Waals surface area (Å²) >= 11 is 5.14. The van der Waals surface area contributed by atoms with Gasteiger partial charge in [-0.15, -0.1) is 0 Å². The molecule has 1 aromatic carbocycles. The molecule has 0 heterocycles. The van der Waals surface area contributed by atoms with Crippen LogP contribution in [0.15, 0.2) is 18.2 Å². The van der Waals surface area contributed by atoms with Gasteiger partial charge in [-0.25, -0.2) is 9.18 Å². The molecule has 74 valence electrons. The summed E-state index contributed by atoms with van der Waals surface area (Å²) in [6.45, 7) is 0. The Bertz CT molecular complexity index is 390. The van der Waals surface area contributed by atoms with Crippen molar-refractivity contribution in [2.45, 2.75) is 0 Å². The van der Waals surface area contributed by atoms with Crippen LogP contribution in [0.1, 0.15) is 20.7 Å². The monoisotopic (exact) mass is 216 g/mol. The molecular weight excluding hydrogens is 211 g/mol. The number of hydrogen-bond donors (Lipinski definition) is 0. The molecule has 0 fully saturated rings. The highest BCUT2D eigenvalue weighted by atomic mass is 35.5. The number of methoxy groups -OCH3 is 1. The number of hydrogen-bond acceptors (Lipinski definition) is 3. The van der Waals surface area contributed by atoms with Gasteiger partial charge in [0.05, 0.1) is 12.7 Å². The number of esters is 1. The summed E-state index contributed by atoms with van der Waals surface area (Å²) in [5, 5.41) is -0.824. The maximum atomic E-state index is 12.9. The molecule has 0 spiro atoms. The van der Waals surface area contributed by atoms with Crippen molar-refractivity contribution in [3.8, 4) is 0 Å². The largest absolute Gasteiger partial charge is 0.465 e. The minimum Gasteiger partial charge on any atom is -0.465 e. The van der Waals surface area contributed by atoms with Crippen LogP contribution in [0.25, 0.3) is 0 Å². The second-order valence-corrected chi connectivity index (χ2v) is 2.84. The zero-order valence-corrected chi connectivity index (χ0v) is 7.97. The molecule has 3 nitrogen and oxygen atoms in total. The van der Waals surface area contributed by atoms with Crippen LogP contribution in [0.2, 0.25) is 0 Å². The lowest BCUT2D eigenvalue weighted by molar-refractivity contribution is 0.0600. The summed E-state index contributed by atoms with van der Waals surface area (Å²) in [5.74, 6) is -1.43. The third-order valence-electron chi connectivity index (χ3n) is 1.55. The van der Waals surface area contributed by atoms with Crippen LogP contribution in [0.3, 0.4) is 0 Å². The van der Waals surface area contributed by atoms with E-state index in [1.807, 2.05) is 0 Å². The van der Waals surface area contributed by atoms with E-state index in [-0.39, 0.29) is 11.1 Å². The van der Waals surface area contributed by atoms with Gasteiger partial charge in [0.1, 0.15) is 5.82 Å². The summed E-state index contributed by atoms with van der Waals surface area (Å²) in [4.78, 5) is 21.7. The first-order valence-corrected chi connectivity index (χ1v) is 4.01. The Kier molecular flexibility index (Phi) is 3.19. The van der Waals surface area contributed by atoms with E-state index in [1.54, 1.807) is 0 Å². The first-order chi connectivity index (χ1) is 6.54. The molecular formula is C9H6ClFO3. The summed E-state index contributed by atoms with van der Waals surface area (Å²) in [6, 6.07) is 3.08. The van der Waals surface area contributed by atoms with Gasteiger partial charge in [-0.3, -0.25) is 4.79 Å². The third kappa shape index (κ3) is 2.29. The average Bonchev–Trinajstić information content (AvgIpc) is 2.15. The van der Waals surface area contributed by atoms with Crippen molar-refractivity contribution in [2.75, 3.05) is 7.11 Å². The number of carbonyl (C=O) groups excluding carboxylic acids is 2. The van der Waals surface area contributed by atoms with Crippen LogP contribution in [0.5, 0.6) is 0 Å². The molecule has 1 aromatic rings. The third-order valence-corrected chi connectivity index (χ3v) is 1.76. The minimum atomic E-state index is -0.824. The van der Waals surface area contributed by atoms with Crippen LogP contribution in [0, 0.1) is 5.82 Å². The fourth-order valence-corrected chi connectivity index (χ4v) is 1.05. The maximum Gasteiger partial charge on any atom is 0.337 e. The molecule has 0 amide bonds. The summed E-state index contributed by atoms with van der Waals surface area (Å²) in [6.07, 6.45) is 0. The predicted molar refractivity (Wildman–Crippen MR) is 47.9 cm³/mol. The fourth-order valence-electron chi connectivity index (χ4n) is 0.939. The molecule has 0 saturated carbocycles. The molecule has 0 unspecified atom stereocenters. The SMILES string of the molecule is COC(=O)c1cc(F)cc(C(=O)Cl)c1. The maximum absolute atomic E-state index is 12.9. The molecule has 0 aliphatic heterocycles. The molecule has 0 radical (unpaired) electrons. The normalized spacial score (nSPS) is 9.64. The Morgan fingerprint density at radius 1 is 1.29 bits per heavy atom. The quantitative estimate of drug-likeness (QED) is 0.561. The van der Waals surface area contributed by atoms with Crippen molar-refractivity contribution in [1.82, 2.24) is 0 Å². The summed E-state index contributed by atoms with van der Waals surface area (Å²) in [5.41, 5.74) is -0.122. The van der Waals surface area contributed by atoms with E-state index >= 15 is 0 Å². The highest BCUT2D eigenvalue weighted by Crippen LogP contribution is 2.12. The Morgan fingerprint density at radius 3 is 2.36 bits per heavy atom. The highest BCUT2D eigenvalue weighted by molar-refractivity contribution is 6.67. The number of carbonyl (C=O) groups is 2. The van der Waals surface area contributed by atoms with Gasteiger partial charge >= 0.3 is 5.97 Å². The van der Waals surface area contributed by atoms with Gasteiger partial charge < -0.3 is 4.74 Å². The lowest BCUT2D eigenvalue weighted by Crippen LogP contribution is -2.03. The van der Waals surface area contributed by atoms with Crippen molar-refractivity contribution in [3.05, 3.63) is 35.1 Å². The van der Waals surface area contributed by atoms with Gasteiger partial charge in [-0.1, -0.05) is 0 Å². The van der Waals surface area contributed by atoms with Crippen molar-refractivity contribution in [2.24, 2.45) is 0 Å². The predicted octanol–water partition coefficient (Wildman–Crippen LogP) is 1.99. The smallest absolute Gasteiger partial charge is 0.337 e. The molecule has 5 heteroatoms. The van der Waals surface area contributed by atoms with Crippen LogP contribution >= 0.6 is 11.6 Å². The Hall–Kier alpha value is -1.42. The lowest BCUT2D eigenvalue weighted by Gasteiger charge is -2.00. The molecule has 0 aromatic heterocycles. The zero-order chi connectivity index (χ0) is 10.7. The van der Waals surface area contributed by atoms with Crippen LogP contribution in [0.4, 0.5) is 4.39 Å². The molecule has 0 N–H and O–H groups in total. The molecule has 0 atom stereocenters. The van der Waals surface area contributed by atoms with Gasteiger partial charge in [0.15, 0.2) is 0 Å². The van der Waals surface area contributed by atoms with Crippen LogP contribution in [-0.4, -0.2) is 18.3 Å². The molecule has 14 heavy (non-hydrogen) atoms. The van der Waals surface area contributed by atoms with E-state index in [0.717, 1.165) is 19.2 Å². The standard InChI is InChI=1S/C9H6ClFO3/c1-14-9(13)6-2-5(8(10)12)3-7(11)4-6/h2-4H,1H3. The van der Waals surface area contributed by atoms with Gasteiger partial charge in [0, 0.05) is 5.56 Å². The fraction of sp³-hybridized carbons (Fsp3) is 0.111. The highest BCUT2D eigenvalue weighted by Gasteiger charge is 2.11. The van der Waals surface area contributed by atoms with Crippen molar-refractivity contribution < 1.29 is 18.7 Å². The lowest BCUT2D eigenvalue weighted by atomic mass is 10.1. The van der Waals surface area contributed by atoms with E-state index in [1.165, 1.54) is 6.07 Å². The Balaban J connectivity index is 3.20. The van der Waals surface area contributed by atoms with Gasteiger partial charge in [-0.05, 0) is 29.8 Å². The zero-order valence-electron chi connectivity index (χ0n) is 7.21. The van der Waals surface area contributed by atoms with Gasteiger partial charge in [0.25, 0.3) is 5.24 Å². The first-order valence-electron chi connectivity index (χ1n) is 3.63. The van der Waals surface area contributed by atoms with Gasteiger partial charge in [-0.2, -0.15) is 0 Å². The number of benzene rings is 1. The molecule has 0 bridgehead atoms. The van der Waals surface area contributed by atoms with Crippen molar-refractivity contribution in [1.29, 1.82) is 0 Å². The second kappa shape index (κ2) is 4.19. The number of rotatable bonds is 2. The van der Waals surface area contributed by atoms with E-state index < -0.39 is 17.0 Å². The van der Waals surface area contributed by atoms with E-state index in [9.17, 15) is 14.0 Å². The average molecular weight is 217 g/mol. The number of halogens is 2. The molecule has 0 aliphatic carbocycles. The van der Waals surface area contributed by atoms with E-state index in [4.69, 9.17) is 11.6 Å². The minimum absolute atomic E-state index is 0.0449. The van der Waals surface area contributed by atoms with Crippen LogP contribution < -0.4 is 0 Å². The first kappa shape index (κ1) is 10.7. The molecule has 1 rings (SSSR count). The molecule has 0 saturated heterocycles. The Morgan fingerprint density at radius 2 is 1.86 bits per heavy atom. The van der Waals surface area contributed by atoms with E-state index in [0.29, 0.717) is 0 Å². The summed E-state index contributed by atoms with van der Waals surface area (Å²) < 4.78 is 17.2. The van der Waals surface area contributed by atoms with Crippen LogP contribution in [-0.2, 0) is 4.74 Å². The summed E-state index contributed by atoms with van der Waals surface area (Å²) in [7, 11) is 1.16. The Labute approximate surface area is 84.4 Å². The topological polar surface area (TPSA) is 43.4 Å². The van der Waals surface area contributed by atoms with Crippen molar-refractivity contribution >= 4 is 22.8 Å². The van der Waals surface area contributed by atoms with E-state index in [2.05, 4.69) is 4.74 Å². The molecule has 0 aliphatic rings. The number of ether oxygens (including phenoxy) is 1. The van der Waals surface area contributed by atoms with Crippen molar-refractivity contribution in [3.63, 3.8) is 0 Å². The second-order valence-electron chi connectivity index (χ2n) is 2.49. The van der Waals surface area contributed by atoms with Gasteiger partial charge in [0.2, 0.25) is 0 Å².